The Morgan fingerprint density at radius 3 is 2.48 bits per heavy atom. The fourth-order valence-corrected chi connectivity index (χ4v) is 3.89. The summed E-state index contributed by atoms with van der Waals surface area (Å²) in [6, 6.07) is 8.63. The third kappa shape index (κ3) is 4.47. The van der Waals surface area contributed by atoms with E-state index in [4.69, 9.17) is 16.3 Å². The van der Waals surface area contributed by atoms with Crippen molar-refractivity contribution >= 4 is 39.0 Å². The minimum atomic E-state index is -4.32. The normalized spacial score (nSPS) is 10.9. The fraction of sp³-hybridized carbons (Fsp3) is 0.188. The average molecular weight is 415 g/mol. The molecule has 0 N–H and O–H groups in total. The van der Waals surface area contributed by atoms with Crippen LogP contribution < -0.4 is 9.04 Å². The number of halogens is 1. The van der Waals surface area contributed by atoms with Crippen molar-refractivity contribution in [2.24, 2.45) is 0 Å². The summed E-state index contributed by atoms with van der Waals surface area (Å²) in [5.74, 6) is -0.512. The molecular weight excluding hydrogens is 400 g/mol. The monoisotopic (exact) mass is 414 g/mol. The van der Waals surface area contributed by atoms with E-state index in [1.807, 2.05) is 0 Å². The van der Waals surface area contributed by atoms with Gasteiger partial charge in [0.1, 0.15) is 12.3 Å². The minimum Gasteiger partial charge on any atom is -0.495 e. The van der Waals surface area contributed by atoms with Crippen molar-refractivity contribution < 1.29 is 27.6 Å². The maximum Gasteiger partial charge on any atom is 0.326 e. The van der Waals surface area contributed by atoms with E-state index in [0.717, 1.165) is 23.5 Å². The topological polar surface area (TPSA) is 116 Å². The fourth-order valence-electron chi connectivity index (χ4n) is 2.19. The number of hydrogen-bond acceptors (Lipinski definition) is 7. The van der Waals surface area contributed by atoms with Crippen LogP contribution in [0.15, 0.2) is 47.4 Å². The third-order valence-electron chi connectivity index (χ3n) is 3.54. The van der Waals surface area contributed by atoms with Crippen LogP contribution >= 0.6 is 11.6 Å². The Morgan fingerprint density at radius 1 is 1.22 bits per heavy atom. The average Bonchev–Trinajstić information content (AvgIpc) is 2.65. The number of nitro groups is 1. The van der Waals surface area contributed by atoms with Gasteiger partial charge in [0.2, 0.25) is 0 Å². The molecule has 144 valence electrons. The van der Waals surface area contributed by atoms with Gasteiger partial charge in [0.25, 0.3) is 15.7 Å². The van der Waals surface area contributed by atoms with Crippen LogP contribution in [0.4, 0.5) is 11.4 Å². The molecule has 0 aliphatic heterocycles. The number of esters is 1. The lowest BCUT2D eigenvalue weighted by molar-refractivity contribution is -0.385. The summed E-state index contributed by atoms with van der Waals surface area (Å²) in [4.78, 5) is 21.6. The molecule has 27 heavy (non-hydrogen) atoms. The number of ether oxygens (including phenoxy) is 2. The Hall–Kier alpha value is -2.85. The van der Waals surface area contributed by atoms with E-state index in [9.17, 15) is 23.3 Å². The standard InChI is InChI=1S/C16H15ClN2O7S/c1-25-15-7-6-11(9-14(15)17)18(10-16(20)26-2)27(23,24)13-5-3-4-12(8-13)19(21)22/h3-9H,10H2,1-2H3. The highest BCUT2D eigenvalue weighted by atomic mass is 35.5. The summed E-state index contributed by atoms with van der Waals surface area (Å²) in [5.41, 5.74) is -0.334. The molecule has 2 rings (SSSR count). The molecule has 0 atom stereocenters. The number of benzene rings is 2. The van der Waals surface area contributed by atoms with E-state index in [0.29, 0.717) is 5.75 Å². The van der Waals surface area contributed by atoms with Crippen LogP contribution in [-0.2, 0) is 19.6 Å². The molecule has 9 nitrogen and oxygen atoms in total. The first kappa shape index (κ1) is 20.5. The first-order valence-electron chi connectivity index (χ1n) is 7.38. The first-order valence-corrected chi connectivity index (χ1v) is 9.20. The Balaban J connectivity index is 2.59. The molecule has 0 unspecified atom stereocenters. The van der Waals surface area contributed by atoms with Gasteiger partial charge in [-0.25, -0.2) is 8.42 Å². The lowest BCUT2D eigenvalue weighted by Gasteiger charge is -2.23. The molecule has 11 heteroatoms. The van der Waals surface area contributed by atoms with E-state index in [1.54, 1.807) is 0 Å². The van der Waals surface area contributed by atoms with Gasteiger partial charge >= 0.3 is 5.97 Å². The molecule has 0 aliphatic rings. The zero-order valence-electron chi connectivity index (χ0n) is 14.3. The molecule has 0 saturated carbocycles. The minimum absolute atomic E-state index is 0.0673. The van der Waals surface area contributed by atoms with Crippen LogP contribution in [0.3, 0.4) is 0 Å². The second-order valence-electron chi connectivity index (χ2n) is 5.16. The van der Waals surface area contributed by atoms with Gasteiger partial charge in [-0.2, -0.15) is 0 Å². The van der Waals surface area contributed by atoms with Crippen molar-refractivity contribution in [1.82, 2.24) is 0 Å². The van der Waals surface area contributed by atoms with E-state index >= 15 is 0 Å². The molecule has 0 aromatic heterocycles. The maximum absolute atomic E-state index is 13.0. The van der Waals surface area contributed by atoms with Crippen LogP contribution in [-0.4, -0.2) is 40.1 Å². The molecule has 0 bridgehead atoms. The van der Waals surface area contributed by atoms with Gasteiger partial charge in [-0.15, -0.1) is 0 Å². The molecule has 0 aliphatic carbocycles. The van der Waals surface area contributed by atoms with Crippen LogP contribution in [0, 0.1) is 10.1 Å². The summed E-state index contributed by atoms with van der Waals surface area (Å²) in [6.07, 6.45) is 0. The maximum atomic E-state index is 13.0. The van der Waals surface area contributed by atoms with Crippen LogP contribution in [0.5, 0.6) is 5.75 Å². The van der Waals surface area contributed by atoms with Gasteiger partial charge in [0, 0.05) is 12.1 Å². The lowest BCUT2D eigenvalue weighted by atomic mass is 10.3. The van der Waals surface area contributed by atoms with E-state index in [1.165, 1.54) is 37.4 Å². The summed E-state index contributed by atoms with van der Waals surface area (Å²) in [7, 11) is -1.81. The number of non-ortho nitro benzene ring substituents is 1. The van der Waals surface area contributed by atoms with Crippen molar-refractivity contribution in [2.45, 2.75) is 4.90 Å². The summed E-state index contributed by atoms with van der Waals surface area (Å²) >= 11 is 6.05. The number of nitrogens with zero attached hydrogens (tertiary/aromatic N) is 2. The Bertz CT molecular complexity index is 978. The smallest absolute Gasteiger partial charge is 0.326 e. The highest BCUT2D eigenvalue weighted by molar-refractivity contribution is 7.92. The highest BCUT2D eigenvalue weighted by Gasteiger charge is 2.29. The molecule has 2 aromatic carbocycles. The number of hydrogen-bond donors (Lipinski definition) is 0. The number of carbonyl (C=O) groups excluding carboxylic acids is 1. The van der Waals surface area contributed by atoms with Crippen molar-refractivity contribution in [3.05, 3.63) is 57.6 Å². The highest BCUT2D eigenvalue weighted by Crippen LogP contribution is 2.32. The molecule has 0 radical (unpaired) electrons. The van der Waals surface area contributed by atoms with Gasteiger partial charge in [0.05, 0.1) is 34.7 Å². The number of methoxy groups -OCH3 is 2. The van der Waals surface area contributed by atoms with Crippen molar-refractivity contribution in [3.8, 4) is 5.75 Å². The number of nitro benzene ring substituents is 1. The Morgan fingerprint density at radius 2 is 1.93 bits per heavy atom. The third-order valence-corrected chi connectivity index (χ3v) is 5.61. The summed E-state index contributed by atoms with van der Waals surface area (Å²) < 4.78 is 36.4. The lowest BCUT2D eigenvalue weighted by Crippen LogP contribution is -2.36. The summed E-state index contributed by atoms with van der Waals surface area (Å²) in [6.45, 7) is -0.649. The molecule has 0 amide bonds. The predicted molar refractivity (Wildman–Crippen MR) is 97.6 cm³/mol. The molecule has 0 heterocycles. The van der Waals surface area contributed by atoms with Crippen molar-refractivity contribution in [1.29, 1.82) is 0 Å². The number of carbonyl (C=O) groups is 1. The number of sulfonamides is 1. The zero-order valence-corrected chi connectivity index (χ0v) is 15.9. The van der Waals surface area contributed by atoms with E-state index < -0.39 is 33.1 Å². The molecule has 0 saturated heterocycles. The van der Waals surface area contributed by atoms with Crippen molar-refractivity contribution in [3.63, 3.8) is 0 Å². The second-order valence-corrected chi connectivity index (χ2v) is 7.43. The largest absolute Gasteiger partial charge is 0.495 e. The van der Waals surface area contributed by atoms with Crippen LogP contribution in [0.1, 0.15) is 0 Å². The molecular formula is C16H15ClN2O7S. The second kappa shape index (κ2) is 8.23. The SMILES string of the molecule is COC(=O)CN(c1ccc(OC)c(Cl)c1)S(=O)(=O)c1cccc([N+](=O)[O-])c1. The van der Waals surface area contributed by atoms with Gasteiger partial charge in [0.15, 0.2) is 0 Å². The number of anilines is 1. The zero-order chi connectivity index (χ0) is 20.2. The van der Waals surface area contributed by atoms with Gasteiger partial charge in [-0.05, 0) is 24.3 Å². The van der Waals surface area contributed by atoms with Crippen LogP contribution in [0.2, 0.25) is 5.02 Å². The number of rotatable bonds is 7. The van der Waals surface area contributed by atoms with Gasteiger partial charge < -0.3 is 9.47 Å². The van der Waals surface area contributed by atoms with Gasteiger partial charge in [-0.1, -0.05) is 17.7 Å². The van der Waals surface area contributed by atoms with Gasteiger partial charge in [-0.3, -0.25) is 19.2 Å². The quantitative estimate of drug-likeness (QED) is 0.388. The Labute approximate surface area is 160 Å². The summed E-state index contributed by atoms with van der Waals surface area (Å²) in [5, 5.41) is 11.1. The molecule has 0 fully saturated rings. The predicted octanol–water partition coefficient (Wildman–Crippen LogP) is 2.63. The molecule has 2 aromatic rings. The van der Waals surface area contributed by atoms with Crippen LogP contribution in [0.25, 0.3) is 0 Å². The van der Waals surface area contributed by atoms with E-state index in [2.05, 4.69) is 4.74 Å². The van der Waals surface area contributed by atoms with E-state index in [-0.39, 0.29) is 15.6 Å². The Kier molecular flexibility index (Phi) is 6.24. The molecule has 0 spiro atoms. The first-order chi connectivity index (χ1) is 12.7. The van der Waals surface area contributed by atoms with Crippen molar-refractivity contribution in [2.75, 3.05) is 25.1 Å².